The van der Waals surface area contributed by atoms with Gasteiger partial charge in [0.25, 0.3) is 5.56 Å². The number of rotatable bonds is 4. The fourth-order valence-electron chi connectivity index (χ4n) is 3.59. The van der Waals surface area contributed by atoms with Crippen LogP contribution >= 0.6 is 23.1 Å². The molecule has 4 rings (SSSR count). The lowest BCUT2D eigenvalue weighted by Gasteiger charge is -2.26. The van der Waals surface area contributed by atoms with Crippen molar-refractivity contribution in [3.8, 4) is 5.69 Å². The van der Waals surface area contributed by atoms with Gasteiger partial charge in [-0.3, -0.25) is 9.36 Å². The van der Waals surface area contributed by atoms with Gasteiger partial charge in [-0.25, -0.2) is 4.98 Å². The van der Waals surface area contributed by atoms with Crippen LogP contribution < -0.4 is 5.56 Å². The fraction of sp³-hybridized carbons (Fsp3) is 0.429. The number of aromatic nitrogens is 2. The van der Waals surface area contributed by atoms with Crippen molar-refractivity contribution in [1.29, 1.82) is 0 Å². The monoisotopic (exact) mass is 400 g/mol. The number of para-hydroxylation sites is 1. The van der Waals surface area contributed by atoms with Crippen LogP contribution in [0.25, 0.3) is 15.9 Å². The lowest BCUT2D eigenvalue weighted by molar-refractivity contribution is 0.00200. The highest BCUT2D eigenvalue weighted by Gasteiger charge is 2.28. The van der Waals surface area contributed by atoms with Crippen LogP contribution in [-0.4, -0.2) is 21.4 Å². The Morgan fingerprint density at radius 2 is 2.15 bits per heavy atom. The number of fused-ring (bicyclic) bond motifs is 3. The van der Waals surface area contributed by atoms with Crippen molar-refractivity contribution in [3.63, 3.8) is 0 Å². The zero-order valence-corrected chi connectivity index (χ0v) is 17.7. The van der Waals surface area contributed by atoms with Crippen molar-refractivity contribution >= 4 is 33.3 Å². The number of ether oxygens (including phenoxy) is 1. The number of aryl methyl sites for hydroxylation is 1. The van der Waals surface area contributed by atoms with E-state index in [9.17, 15) is 4.79 Å². The van der Waals surface area contributed by atoms with Crippen LogP contribution in [0.2, 0.25) is 0 Å². The number of nitrogens with zero attached hydrogens (tertiary/aromatic N) is 2. The third-order valence-corrected chi connectivity index (χ3v) is 7.00. The van der Waals surface area contributed by atoms with Gasteiger partial charge in [-0.15, -0.1) is 11.3 Å². The molecular weight excluding hydrogens is 376 g/mol. The van der Waals surface area contributed by atoms with Crippen LogP contribution in [-0.2, 0) is 17.8 Å². The van der Waals surface area contributed by atoms with E-state index in [1.54, 1.807) is 27.7 Å². The summed E-state index contributed by atoms with van der Waals surface area (Å²) in [6, 6.07) is 8.02. The first kappa shape index (κ1) is 18.7. The lowest BCUT2D eigenvalue weighted by Crippen LogP contribution is -2.28. The molecule has 1 aliphatic rings. The highest BCUT2D eigenvalue weighted by atomic mass is 32.2. The molecule has 1 aliphatic heterocycles. The van der Waals surface area contributed by atoms with Gasteiger partial charge in [0.15, 0.2) is 5.16 Å². The van der Waals surface area contributed by atoms with Gasteiger partial charge in [0.2, 0.25) is 0 Å². The molecule has 3 heterocycles. The van der Waals surface area contributed by atoms with Crippen molar-refractivity contribution in [2.75, 3.05) is 5.75 Å². The van der Waals surface area contributed by atoms with Crippen LogP contribution in [0.15, 0.2) is 34.2 Å². The van der Waals surface area contributed by atoms with Crippen molar-refractivity contribution in [1.82, 2.24) is 9.55 Å². The van der Waals surface area contributed by atoms with Crippen molar-refractivity contribution in [2.45, 2.75) is 52.0 Å². The largest absolute Gasteiger partial charge is 0.372 e. The molecule has 0 bridgehead atoms. The molecule has 0 amide bonds. The summed E-state index contributed by atoms with van der Waals surface area (Å²) in [5.41, 5.74) is 3.19. The maximum Gasteiger partial charge on any atom is 0.267 e. The fourth-order valence-corrected chi connectivity index (χ4v) is 5.48. The van der Waals surface area contributed by atoms with E-state index in [-0.39, 0.29) is 11.7 Å². The molecule has 3 aromatic rings. The van der Waals surface area contributed by atoms with E-state index in [1.165, 1.54) is 0 Å². The zero-order chi connectivity index (χ0) is 19.1. The second kappa shape index (κ2) is 7.41. The van der Waals surface area contributed by atoms with Crippen molar-refractivity contribution in [2.24, 2.45) is 5.92 Å². The minimum absolute atomic E-state index is 0.0483. The number of hydrogen-bond acceptors (Lipinski definition) is 5. The highest BCUT2D eigenvalue weighted by Crippen LogP contribution is 2.36. The molecule has 1 aromatic carbocycles. The van der Waals surface area contributed by atoms with Crippen LogP contribution in [0.3, 0.4) is 0 Å². The van der Waals surface area contributed by atoms with Crippen LogP contribution in [0.5, 0.6) is 0 Å². The minimum Gasteiger partial charge on any atom is -0.372 e. The molecule has 0 aliphatic carbocycles. The van der Waals surface area contributed by atoms with E-state index >= 15 is 0 Å². The second-order valence-corrected chi connectivity index (χ2v) is 9.55. The van der Waals surface area contributed by atoms with Crippen LogP contribution in [0.4, 0.5) is 0 Å². The van der Waals surface area contributed by atoms with Gasteiger partial charge in [0.05, 0.1) is 23.8 Å². The molecule has 0 unspecified atom stereocenters. The Hall–Kier alpha value is -1.63. The summed E-state index contributed by atoms with van der Waals surface area (Å²) in [6.45, 7) is 9.05. The molecule has 1 atom stereocenters. The van der Waals surface area contributed by atoms with Gasteiger partial charge in [-0.05, 0) is 35.8 Å². The standard InChI is InChI=1S/C21H24N2O2S2/c1-5-26-21-22-19-18(14-10-16(12(2)3)25-11-17(14)27-19)20(24)23(21)15-9-7-6-8-13(15)4/h6-9,12,16H,5,10-11H2,1-4H3/t16-/m0/s1. The summed E-state index contributed by atoms with van der Waals surface area (Å²) in [6.07, 6.45) is 0.948. The van der Waals surface area contributed by atoms with Gasteiger partial charge in [-0.1, -0.05) is 50.7 Å². The van der Waals surface area contributed by atoms with Crippen LogP contribution in [0.1, 0.15) is 36.8 Å². The van der Waals surface area contributed by atoms with E-state index in [0.29, 0.717) is 12.5 Å². The second-order valence-electron chi connectivity index (χ2n) is 7.24. The van der Waals surface area contributed by atoms with Crippen molar-refractivity contribution < 1.29 is 4.74 Å². The van der Waals surface area contributed by atoms with E-state index in [2.05, 4.69) is 20.8 Å². The number of hydrogen-bond donors (Lipinski definition) is 0. The summed E-state index contributed by atoms with van der Waals surface area (Å²) in [4.78, 5) is 20.6. The Morgan fingerprint density at radius 3 is 2.85 bits per heavy atom. The molecule has 0 radical (unpaired) electrons. The first-order chi connectivity index (χ1) is 13.0. The normalized spacial score (nSPS) is 16.9. The molecule has 142 valence electrons. The molecule has 4 nitrogen and oxygen atoms in total. The Balaban J connectivity index is 1.99. The minimum atomic E-state index is 0.0483. The van der Waals surface area contributed by atoms with Gasteiger partial charge in [0, 0.05) is 11.3 Å². The summed E-state index contributed by atoms with van der Waals surface area (Å²) in [5, 5.41) is 1.55. The molecule has 0 fully saturated rings. The summed E-state index contributed by atoms with van der Waals surface area (Å²) >= 11 is 3.23. The smallest absolute Gasteiger partial charge is 0.267 e. The molecular formula is C21H24N2O2S2. The van der Waals surface area contributed by atoms with Gasteiger partial charge in [0.1, 0.15) is 4.83 Å². The average molecular weight is 401 g/mol. The van der Waals surface area contributed by atoms with E-state index in [0.717, 1.165) is 49.2 Å². The van der Waals surface area contributed by atoms with E-state index in [4.69, 9.17) is 9.72 Å². The zero-order valence-electron chi connectivity index (χ0n) is 16.1. The summed E-state index contributed by atoms with van der Waals surface area (Å²) in [5.74, 6) is 1.29. The summed E-state index contributed by atoms with van der Waals surface area (Å²) < 4.78 is 7.82. The predicted molar refractivity (Wildman–Crippen MR) is 113 cm³/mol. The van der Waals surface area contributed by atoms with Crippen molar-refractivity contribution in [3.05, 3.63) is 50.6 Å². The summed E-state index contributed by atoms with van der Waals surface area (Å²) in [7, 11) is 0. The Morgan fingerprint density at radius 1 is 1.37 bits per heavy atom. The van der Waals surface area contributed by atoms with E-state index < -0.39 is 0 Å². The molecule has 2 aromatic heterocycles. The molecule has 0 saturated heterocycles. The van der Waals surface area contributed by atoms with Crippen LogP contribution in [0, 0.1) is 12.8 Å². The lowest BCUT2D eigenvalue weighted by atomic mass is 9.96. The Kier molecular flexibility index (Phi) is 5.14. The molecule has 27 heavy (non-hydrogen) atoms. The SMILES string of the molecule is CCSc1nc2sc3c(c2c(=O)n1-c1ccccc1C)C[C@@H](C(C)C)OC3. The first-order valence-electron chi connectivity index (χ1n) is 9.39. The predicted octanol–water partition coefficient (Wildman–Crippen LogP) is 4.96. The number of thioether (sulfide) groups is 1. The van der Waals surface area contributed by atoms with Gasteiger partial charge < -0.3 is 4.74 Å². The average Bonchev–Trinajstić information content (AvgIpc) is 3.01. The number of thiophene rings is 1. The quantitative estimate of drug-likeness (QED) is 0.458. The third kappa shape index (κ3) is 3.24. The Labute approximate surface area is 167 Å². The topological polar surface area (TPSA) is 44.1 Å². The van der Waals surface area contributed by atoms with Gasteiger partial charge in [-0.2, -0.15) is 0 Å². The van der Waals surface area contributed by atoms with Gasteiger partial charge >= 0.3 is 0 Å². The van der Waals surface area contributed by atoms with E-state index in [1.807, 2.05) is 31.2 Å². The number of benzene rings is 1. The maximum absolute atomic E-state index is 13.7. The molecule has 6 heteroatoms. The third-order valence-electron chi connectivity index (χ3n) is 5.08. The molecule has 0 N–H and O–H groups in total. The maximum atomic E-state index is 13.7. The first-order valence-corrected chi connectivity index (χ1v) is 11.2. The Bertz CT molecular complexity index is 1050. The molecule has 0 saturated carbocycles. The highest BCUT2D eigenvalue weighted by molar-refractivity contribution is 7.99. The molecule has 0 spiro atoms.